The van der Waals surface area contributed by atoms with Crippen molar-refractivity contribution in [2.24, 2.45) is 11.8 Å². The van der Waals surface area contributed by atoms with Crippen LogP contribution >= 0.6 is 0 Å². The Kier molecular flexibility index (Phi) is 7.43. The number of Topliss-reactive ketones (excluding diaryl/α,β-unsaturated/α-hetero) is 1. The second kappa shape index (κ2) is 9.33. The summed E-state index contributed by atoms with van der Waals surface area (Å²) >= 11 is 0. The second-order valence-corrected chi connectivity index (χ2v) is 7.31. The van der Waals surface area contributed by atoms with Crippen molar-refractivity contribution in [2.45, 2.75) is 70.1 Å². The van der Waals surface area contributed by atoms with Crippen LogP contribution in [0.4, 0.5) is 0 Å². The van der Waals surface area contributed by atoms with Crippen molar-refractivity contribution in [3.63, 3.8) is 0 Å². The number of carbonyl (C=O) groups excluding carboxylic acids is 2. The average Bonchev–Trinajstić information content (AvgIpc) is 2.59. The third-order valence-corrected chi connectivity index (χ3v) is 5.49. The number of ketones is 1. The highest BCUT2D eigenvalue weighted by atomic mass is 16.5. The van der Waals surface area contributed by atoms with Crippen LogP contribution in [0.5, 0.6) is 0 Å². The number of ether oxygens (including phenoxy) is 1. The van der Waals surface area contributed by atoms with Crippen molar-refractivity contribution in [2.75, 3.05) is 13.7 Å². The molecular weight excluding hydrogens is 304 g/mol. The van der Waals surface area contributed by atoms with E-state index in [1.807, 2.05) is 7.05 Å². The van der Waals surface area contributed by atoms with Crippen LogP contribution in [0.25, 0.3) is 0 Å². The molecule has 2 fully saturated rings. The summed E-state index contributed by atoms with van der Waals surface area (Å²) in [4.78, 5) is 24.6. The van der Waals surface area contributed by atoms with Gasteiger partial charge in [0.15, 0.2) is 0 Å². The molecule has 0 heterocycles. The van der Waals surface area contributed by atoms with E-state index in [-0.39, 0.29) is 35.7 Å². The fraction of sp³-hybridized carbons (Fsp3) is 0.789. The first-order chi connectivity index (χ1) is 11.5. The number of carbonyl (C=O) groups is 2. The summed E-state index contributed by atoms with van der Waals surface area (Å²) in [5.74, 6) is 0.0562. The normalized spacial score (nSPS) is 33.7. The predicted octanol–water partition coefficient (Wildman–Crippen LogP) is 2.21. The van der Waals surface area contributed by atoms with Crippen LogP contribution in [-0.2, 0) is 14.3 Å². The number of amides is 1. The number of nitrogens with one attached hydrogen (secondary N) is 2. The van der Waals surface area contributed by atoms with Crippen molar-refractivity contribution < 1.29 is 14.3 Å². The largest absolute Gasteiger partial charge is 0.374 e. The van der Waals surface area contributed by atoms with Gasteiger partial charge in [0.1, 0.15) is 5.78 Å². The smallest absolute Gasteiger partial charge is 0.223 e. The minimum absolute atomic E-state index is 0.0298. The maximum Gasteiger partial charge on any atom is 0.223 e. The average molecular weight is 336 g/mol. The molecule has 0 aromatic carbocycles. The predicted molar refractivity (Wildman–Crippen MR) is 94.7 cm³/mol. The Morgan fingerprint density at radius 1 is 1.12 bits per heavy atom. The molecule has 136 valence electrons. The summed E-state index contributed by atoms with van der Waals surface area (Å²) in [6.45, 7) is 5.76. The Morgan fingerprint density at radius 2 is 1.83 bits per heavy atom. The minimum atomic E-state index is -0.127. The van der Waals surface area contributed by atoms with Crippen LogP contribution in [-0.4, -0.2) is 43.5 Å². The van der Waals surface area contributed by atoms with Crippen molar-refractivity contribution in [1.29, 1.82) is 0 Å². The van der Waals surface area contributed by atoms with Crippen LogP contribution < -0.4 is 10.6 Å². The summed E-state index contributed by atoms with van der Waals surface area (Å²) in [6.07, 6.45) is 8.11. The molecule has 0 saturated heterocycles. The molecule has 2 saturated carbocycles. The van der Waals surface area contributed by atoms with Crippen molar-refractivity contribution in [3.8, 4) is 0 Å². The van der Waals surface area contributed by atoms with Gasteiger partial charge in [-0.25, -0.2) is 0 Å². The van der Waals surface area contributed by atoms with Crippen LogP contribution in [0, 0.1) is 11.8 Å². The summed E-state index contributed by atoms with van der Waals surface area (Å²) in [6, 6.07) is 0.734. The van der Waals surface area contributed by atoms with Crippen molar-refractivity contribution >= 4 is 11.7 Å². The molecule has 0 aromatic rings. The van der Waals surface area contributed by atoms with E-state index in [2.05, 4.69) is 17.2 Å². The maximum absolute atomic E-state index is 12.7. The molecule has 5 atom stereocenters. The zero-order valence-corrected chi connectivity index (χ0v) is 15.1. The van der Waals surface area contributed by atoms with Gasteiger partial charge in [-0.05, 0) is 58.9 Å². The van der Waals surface area contributed by atoms with E-state index in [9.17, 15) is 9.59 Å². The molecule has 0 aromatic heterocycles. The van der Waals surface area contributed by atoms with Gasteiger partial charge in [0, 0.05) is 23.9 Å². The summed E-state index contributed by atoms with van der Waals surface area (Å²) < 4.78 is 5.76. The van der Waals surface area contributed by atoms with E-state index >= 15 is 0 Å². The SMILES string of the molecule is C=CCOC1CC(C(C)=O)CC(C(=O)NC2CCCC(NC)C2)C1. The van der Waals surface area contributed by atoms with E-state index in [0.717, 1.165) is 25.7 Å². The standard InChI is InChI=1S/C19H32N2O3/c1-4-8-24-18-10-14(13(2)22)9-15(11-18)19(23)21-17-7-5-6-16(12-17)20-3/h4,14-18,20H,1,5-12H2,2-3H3,(H,21,23). The van der Waals surface area contributed by atoms with E-state index in [0.29, 0.717) is 25.5 Å². The number of hydrogen-bond donors (Lipinski definition) is 2. The lowest BCUT2D eigenvalue weighted by Crippen LogP contribution is -2.47. The monoisotopic (exact) mass is 336 g/mol. The highest BCUT2D eigenvalue weighted by Gasteiger charge is 2.36. The third-order valence-electron chi connectivity index (χ3n) is 5.49. The Hall–Kier alpha value is -1.20. The topological polar surface area (TPSA) is 67.4 Å². The Morgan fingerprint density at radius 3 is 2.50 bits per heavy atom. The van der Waals surface area contributed by atoms with Crippen LogP contribution in [0.1, 0.15) is 51.9 Å². The first kappa shape index (κ1) is 19.1. The Bertz CT molecular complexity index is 452. The summed E-state index contributed by atoms with van der Waals surface area (Å²) in [7, 11) is 1.98. The molecule has 0 radical (unpaired) electrons. The second-order valence-electron chi connectivity index (χ2n) is 7.31. The fourth-order valence-electron chi connectivity index (χ4n) is 4.06. The molecular formula is C19H32N2O3. The molecule has 24 heavy (non-hydrogen) atoms. The molecule has 5 nitrogen and oxygen atoms in total. The quantitative estimate of drug-likeness (QED) is 0.700. The zero-order valence-electron chi connectivity index (χ0n) is 15.1. The van der Waals surface area contributed by atoms with Crippen molar-refractivity contribution in [3.05, 3.63) is 12.7 Å². The lowest BCUT2D eigenvalue weighted by Gasteiger charge is -2.35. The van der Waals surface area contributed by atoms with Gasteiger partial charge in [0.25, 0.3) is 0 Å². The number of rotatable bonds is 7. The summed E-state index contributed by atoms with van der Waals surface area (Å²) in [5, 5.41) is 6.54. The minimum Gasteiger partial charge on any atom is -0.374 e. The molecule has 0 bridgehead atoms. The van der Waals surface area contributed by atoms with Gasteiger partial charge in [-0.3, -0.25) is 9.59 Å². The first-order valence-corrected chi connectivity index (χ1v) is 9.24. The zero-order chi connectivity index (χ0) is 17.5. The molecule has 5 heteroatoms. The maximum atomic E-state index is 12.7. The molecule has 2 aliphatic carbocycles. The first-order valence-electron chi connectivity index (χ1n) is 9.24. The molecule has 2 N–H and O–H groups in total. The third kappa shape index (κ3) is 5.42. The Balaban J connectivity index is 1.93. The highest BCUT2D eigenvalue weighted by Crippen LogP contribution is 2.32. The lowest BCUT2D eigenvalue weighted by atomic mass is 9.77. The highest BCUT2D eigenvalue weighted by molar-refractivity contribution is 5.82. The fourth-order valence-corrected chi connectivity index (χ4v) is 4.06. The lowest BCUT2D eigenvalue weighted by molar-refractivity contribution is -0.132. The van der Waals surface area contributed by atoms with Gasteiger partial charge in [-0.15, -0.1) is 6.58 Å². The Labute approximate surface area is 145 Å². The van der Waals surface area contributed by atoms with Crippen molar-refractivity contribution in [1.82, 2.24) is 10.6 Å². The van der Waals surface area contributed by atoms with E-state index < -0.39 is 0 Å². The van der Waals surface area contributed by atoms with Gasteiger partial charge in [-0.1, -0.05) is 6.08 Å². The van der Waals surface area contributed by atoms with E-state index in [1.165, 1.54) is 6.42 Å². The molecule has 1 amide bonds. The molecule has 0 spiro atoms. The molecule has 2 aliphatic rings. The van der Waals surface area contributed by atoms with E-state index in [1.54, 1.807) is 13.0 Å². The van der Waals surface area contributed by atoms with E-state index in [4.69, 9.17) is 4.74 Å². The molecule has 5 unspecified atom stereocenters. The van der Waals surface area contributed by atoms with Crippen LogP contribution in [0.3, 0.4) is 0 Å². The number of hydrogen-bond acceptors (Lipinski definition) is 4. The van der Waals surface area contributed by atoms with Gasteiger partial charge in [0.05, 0.1) is 12.7 Å². The van der Waals surface area contributed by atoms with Crippen LogP contribution in [0.2, 0.25) is 0 Å². The van der Waals surface area contributed by atoms with Gasteiger partial charge < -0.3 is 15.4 Å². The van der Waals surface area contributed by atoms with Gasteiger partial charge >= 0.3 is 0 Å². The molecule has 2 rings (SSSR count). The van der Waals surface area contributed by atoms with Gasteiger partial charge in [0.2, 0.25) is 5.91 Å². The van der Waals surface area contributed by atoms with Gasteiger partial charge in [-0.2, -0.15) is 0 Å². The summed E-state index contributed by atoms with van der Waals surface area (Å²) in [5.41, 5.74) is 0. The molecule has 0 aliphatic heterocycles. The van der Waals surface area contributed by atoms with Crippen LogP contribution in [0.15, 0.2) is 12.7 Å².